The van der Waals surface area contributed by atoms with Crippen LogP contribution < -0.4 is 10.6 Å². The number of carbonyl (C=O) groups is 1. The Labute approximate surface area is 128 Å². The summed E-state index contributed by atoms with van der Waals surface area (Å²) in [5, 5.41) is 10.4. The van der Waals surface area contributed by atoms with E-state index >= 15 is 0 Å². The molecule has 0 atom stereocenters. The van der Waals surface area contributed by atoms with Gasteiger partial charge in [-0.25, -0.2) is 4.98 Å². The summed E-state index contributed by atoms with van der Waals surface area (Å²) in [7, 11) is 1.77. The van der Waals surface area contributed by atoms with Gasteiger partial charge < -0.3 is 10.6 Å². The number of pyridine rings is 1. The van der Waals surface area contributed by atoms with Gasteiger partial charge in [0.1, 0.15) is 11.6 Å². The summed E-state index contributed by atoms with van der Waals surface area (Å²) in [6, 6.07) is 3.44. The molecule has 2 heterocycles. The first-order valence-corrected chi connectivity index (χ1v) is 7.10. The summed E-state index contributed by atoms with van der Waals surface area (Å²) in [6.45, 7) is 4.71. The number of hydrogen-bond donors (Lipinski definition) is 2. The summed E-state index contributed by atoms with van der Waals surface area (Å²) < 4.78 is 1.61. The number of nitrogens with zero attached hydrogens (tertiary/aromatic N) is 3. The molecular weight excluding hydrogens is 290 g/mol. The number of carbonyl (C=O) groups excluding carboxylic acids is 1. The van der Waals surface area contributed by atoms with Gasteiger partial charge in [0.2, 0.25) is 0 Å². The van der Waals surface area contributed by atoms with Crippen molar-refractivity contribution >= 4 is 29.1 Å². The molecule has 0 aliphatic heterocycles. The third-order valence-corrected chi connectivity index (χ3v) is 3.20. The maximum atomic E-state index is 12.3. The van der Waals surface area contributed by atoms with Crippen LogP contribution in [0.15, 0.2) is 18.3 Å². The van der Waals surface area contributed by atoms with Gasteiger partial charge in [-0.15, -0.1) is 0 Å². The summed E-state index contributed by atoms with van der Waals surface area (Å²) in [5.74, 6) is 0.964. The highest BCUT2D eigenvalue weighted by atomic mass is 35.5. The Kier molecular flexibility index (Phi) is 4.80. The van der Waals surface area contributed by atoms with E-state index in [1.54, 1.807) is 23.9 Å². The van der Waals surface area contributed by atoms with Crippen LogP contribution in [0.1, 0.15) is 29.4 Å². The summed E-state index contributed by atoms with van der Waals surface area (Å²) in [4.78, 5) is 16.5. The zero-order chi connectivity index (χ0) is 15.4. The highest BCUT2D eigenvalue weighted by molar-refractivity contribution is 6.34. The zero-order valence-electron chi connectivity index (χ0n) is 12.3. The number of halogens is 1. The van der Waals surface area contributed by atoms with Crippen LogP contribution in [-0.4, -0.2) is 27.2 Å². The van der Waals surface area contributed by atoms with Crippen LogP contribution in [0.3, 0.4) is 0 Å². The molecule has 2 aromatic heterocycles. The fraction of sp³-hybridized carbons (Fsp3) is 0.357. The quantitative estimate of drug-likeness (QED) is 0.891. The lowest BCUT2D eigenvalue weighted by atomic mass is 10.2. The van der Waals surface area contributed by atoms with Gasteiger partial charge in [0.15, 0.2) is 0 Å². The molecule has 0 spiro atoms. The lowest BCUT2D eigenvalue weighted by Crippen LogP contribution is -2.16. The fourth-order valence-electron chi connectivity index (χ4n) is 1.87. The van der Waals surface area contributed by atoms with Crippen molar-refractivity contribution in [3.05, 3.63) is 34.6 Å². The lowest BCUT2D eigenvalue weighted by Gasteiger charge is -2.09. The summed E-state index contributed by atoms with van der Waals surface area (Å²) in [5.41, 5.74) is 1.21. The van der Waals surface area contributed by atoms with Gasteiger partial charge in [-0.3, -0.25) is 9.48 Å². The van der Waals surface area contributed by atoms with Crippen molar-refractivity contribution in [2.75, 3.05) is 17.2 Å². The van der Waals surface area contributed by atoms with Gasteiger partial charge in [-0.1, -0.05) is 18.5 Å². The molecule has 0 saturated heterocycles. The number of rotatable bonds is 5. The molecule has 2 aromatic rings. The van der Waals surface area contributed by atoms with Crippen LogP contribution in [0.5, 0.6) is 0 Å². The van der Waals surface area contributed by atoms with Gasteiger partial charge in [-0.2, -0.15) is 5.10 Å². The normalized spacial score (nSPS) is 10.5. The minimum absolute atomic E-state index is 0.287. The van der Waals surface area contributed by atoms with Crippen molar-refractivity contribution in [1.29, 1.82) is 0 Å². The van der Waals surface area contributed by atoms with Gasteiger partial charge in [0, 0.05) is 25.9 Å². The first-order chi connectivity index (χ1) is 10.0. The van der Waals surface area contributed by atoms with Crippen LogP contribution in [0.4, 0.5) is 11.6 Å². The molecule has 0 radical (unpaired) electrons. The molecule has 21 heavy (non-hydrogen) atoms. The molecule has 0 fully saturated rings. The number of amides is 1. The highest BCUT2D eigenvalue weighted by Gasteiger charge is 2.14. The Balaban J connectivity index is 2.20. The van der Waals surface area contributed by atoms with Crippen LogP contribution in [0.25, 0.3) is 0 Å². The second kappa shape index (κ2) is 6.58. The van der Waals surface area contributed by atoms with E-state index in [1.807, 2.05) is 6.92 Å². The van der Waals surface area contributed by atoms with Crippen molar-refractivity contribution in [1.82, 2.24) is 14.8 Å². The summed E-state index contributed by atoms with van der Waals surface area (Å²) >= 11 is 6.06. The molecular formula is C14H18ClN5O. The maximum absolute atomic E-state index is 12.3. The van der Waals surface area contributed by atoms with Crippen molar-refractivity contribution < 1.29 is 4.79 Å². The van der Waals surface area contributed by atoms with E-state index in [4.69, 9.17) is 11.6 Å². The number of nitrogens with one attached hydrogen (secondary N) is 2. The van der Waals surface area contributed by atoms with Crippen LogP contribution in [0.2, 0.25) is 5.02 Å². The molecule has 6 nitrogen and oxygen atoms in total. The molecule has 0 bridgehead atoms. The molecule has 0 unspecified atom stereocenters. The second-order valence-corrected chi connectivity index (χ2v) is 5.13. The van der Waals surface area contributed by atoms with Gasteiger partial charge in [0.05, 0.1) is 16.3 Å². The standard InChI is InChI=1S/C14H18ClN5O/c1-4-5-16-12-7-10(11(15)8-17-12)14(21)18-13-6-9(2)19-20(13)3/h6-8H,4-5H2,1-3H3,(H,16,17)(H,18,21). The number of aromatic nitrogens is 3. The molecule has 1 amide bonds. The van der Waals surface area contributed by atoms with Crippen molar-refractivity contribution in [2.24, 2.45) is 7.05 Å². The van der Waals surface area contributed by atoms with Crippen molar-refractivity contribution in [2.45, 2.75) is 20.3 Å². The SMILES string of the molecule is CCCNc1cc(C(=O)Nc2cc(C)nn2C)c(Cl)cn1. The minimum Gasteiger partial charge on any atom is -0.370 e. The van der Waals surface area contributed by atoms with E-state index in [2.05, 4.69) is 27.6 Å². The van der Waals surface area contributed by atoms with E-state index in [1.165, 1.54) is 6.20 Å². The molecule has 7 heteroatoms. The Morgan fingerprint density at radius 3 is 2.81 bits per heavy atom. The first-order valence-electron chi connectivity index (χ1n) is 6.72. The van der Waals surface area contributed by atoms with Crippen LogP contribution >= 0.6 is 11.6 Å². The largest absolute Gasteiger partial charge is 0.370 e. The average Bonchev–Trinajstić information content (AvgIpc) is 2.75. The number of aryl methyl sites for hydroxylation is 2. The monoisotopic (exact) mass is 307 g/mol. The zero-order valence-corrected chi connectivity index (χ0v) is 13.0. The molecule has 0 saturated carbocycles. The molecule has 2 rings (SSSR count). The first kappa shape index (κ1) is 15.3. The Morgan fingerprint density at radius 2 is 2.19 bits per heavy atom. The molecule has 112 valence electrons. The van der Waals surface area contributed by atoms with E-state index in [9.17, 15) is 4.79 Å². The van der Waals surface area contributed by atoms with Crippen LogP contribution in [0, 0.1) is 6.92 Å². The number of hydrogen-bond acceptors (Lipinski definition) is 4. The van der Waals surface area contributed by atoms with E-state index in [0.717, 1.165) is 18.7 Å². The Bertz CT molecular complexity index is 653. The number of anilines is 2. The molecule has 0 aliphatic rings. The van der Waals surface area contributed by atoms with Crippen molar-refractivity contribution in [3.8, 4) is 0 Å². The molecule has 2 N–H and O–H groups in total. The Morgan fingerprint density at radius 1 is 1.43 bits per heavy atom. The second-order valence-electron chi connectivity index (χ2n) is 4.72. The highest BCUT2D eigenvalue weighted by Crippen LogP contribution is 2.20. The lowest BCUT2D eigenvalue weighted by molar-refractivity contribution is 0.102. The van der Waals surface area contributed by atoms with E-state index < -0.39 is 0 Å². The fourth-order valence-corrected chi connectivity index (χ4v) is 2.06. The predicted molar refractivity (Wildman–Crippen MR) is 83.9 cm³/mol. The third-order valence-electron chi connectivity index (χ3n) is 2.90. The predicted octanol–water partition coefficient (Wildman–Crippen LogP) is 2.85. The van der Waals surface area contributed by atoms with Crippen LogP contribution in [-0.2, 0) is 7.05 Å². The van der Waals surface area contributed by atoms with Gasteiger partial charge in [0.25, 0.3) is 5.91 Å². The van der Waals surface area contributed by atoms with E-state index in [-0.39, 0.29) is 5.91 Å². The topological polar surface area (TPSA) is 71.8 Å². The maximum Gasteiger partial charge on any atom is 0.258 e. The van der Waals surface area contributed by atoms with Crippen molar-refractivity contribution in [3.63, 3.8) is 0 Å². The van der Waals surface area contributed by atoms with Gasteiger partial charge >= 0.3 is 0 Å². The molecule has 0 aliphatic carbocycles. The Hall–Kier alpha value is -2.08. The smallest absolute Gasteiger partial charge is 0.258 e. The third kappa shape index (κ3) is 3.72. The minimum atomic E-state index is -0.287. The average molecular weight is 308 g/mol. The summed E-state index contributed by atoms with van der Waals surface area (Å²) in [6.07, 6.45) is 2.45. The van der Waals surface area contributed by atoms with E-state index in [0.29, 0.717) is 22.2 Å². The van der Waals surface area contributed by atoms with Gasteiger partial charge in [-0.05, 0) is 19.4 Å². The molecule has 0 aromatic carbocycles.